The van der Waals surface area contributed by atoms with Gasteiger partial charge in [0, 0.05) is 12.7 Å². The van der Waals surface area contributed by atoms with Crippen molar-refractivity contribution in [2.75, 3.05) is 18.5 Å². The number of rotatable bonds is 6. The molecule has 2 atom stereocenters. The smallest absolute Gasteiger partial charge is 0.327 e. The summed E-state index contributed by atoms with van der Waals surface area (Å²) in [7, 11) is 1.58. The standard InChI is InChI=1S/C23H25N3O5/c1-15-10-12-17(13-11-15)23(3)21(29)26(22(30)24-23)14-19(27)31-16(2)20(28)25(4)18-8-6-5-7-9-18/h5-13,16H,14H2,1-4H3,(H,24,30)/t16-,23+/m0/s1. The van der Waals surface area contributed by atoms with Crippen LogP contribution in [0.5, 0.6) is 0 Å². The summed E-state index contributed by atoms with van der Waals surface area (Å²) in [4.78, 5) is 52.5. The monoisotopic (exact) mass is 423 g/mol. The summed E-state index contributed by atoms with van der Waals surface area (Å²) in [5.74, 6) is -1.83. The van der Waals surface area contributed by atoms with E-state index in [1.165, 1.54) is 11.8 Å². The average molecular weight is 423 g/mol. The highest BCUT2D eigenvalue weighted by molar-refractivity contribution is 6.09. The second-order valence-corrected chi connectivity index (χ2v) is 7.68. The van der Waals surface area contributed by atoms with Crippen molar-refractivity contribution < 1.29 is 23.9 Å². The van der Waals surface area contributed by atoms with Crippen LogP contribution in [-0.2, 0) is 24.7 Å². The highest BCUT2D eigenvalue weighted by Crippen LogP contribution is 2.29. The molecule has 8 heteroatoms. The summed E-state index contributed by atoms with van der Waals surface area (Å²) in [6.45, 7) is 4.37. The first-order valence-electron chi connectivity index (χ1n) is 9.87. The first-order valence-corrected chi connectivity index (χ1v) is 9.87. The fourth-order valence-electron chi connectivity index (χ4n) is 3.39. The van der Waals surface area contributed by atoms with Crippen LogP contribution in [0.1, 0.15) is 25.0 Å². The minimum absolute atomic E-state index is 0.429. The Morgan fingerprint density at radius 2 is 1.71 bits per heavy atom. The highest BCUT2D eigenvalue weighted by atomic mass is 16.5. The van der Waals surface area contributed by atoms with Gasteiger partial charge in [-0.2, -0.15) is 0 Å². The molecule has 31 heavy (non-hydrogen) atoms. The number of para-hydroxylation sites is 1. The van der Waals surface area contributed by atoms with Crippen LogP contribution in [0.2, 0.25) is 0 Å². The number of imide groups is 1. The number of hydrogen-bond donors (Lipinski definition) is 1. The molecule has 4 amide bonds. The molecule has 1 fully saturated rings. The number of hydrogen-bond acceptors (Lipinski definition) is 5. The summed E-state index contributed by atoms with van der Waals surface area (Å²) < 4.78 is 5.20. The highest BCUT2D eigenvalue weighted by Gasteiger charge is 2.49. The van der Waals surface area contributed by atoms with Crippen molar-refractivity contribution in [3.8, 4) is 0 Å². The van der Waals surface area contributed by atoms with Gasteiger partial charge in [-0.3, -0.25) is 19.3 Å². The third-order valence-corrected chi connectivity index (χ3v) is 5.32. The van der Waals surface area contributed by atoms with Crippen LogP contribution >= 0.6 is 0 Å². The van der Waals surface area contributed by atoms with E-state index in [4.69, 9.17) is 4.74 Å². The Morgan fingerprint density at radius 1 is 1.10 bits per heavy atom. The Labute approximate surface area is 180 Å². The average Bonchev–Trinajstić information content (AvgIpc) is 2.97. The van der Waals surface area contributed by atoms with Crippen molar-refractivity contribution in [2.45, 2.75) is 32.4 Å². The summed E-state index contributed by atoms with van der Waals surface area (Å²) in [6, 6.07) is 15.4. The predicted molar refractivity (Wildman–Crippen MR) is 114 cm³/mol. The molecule has 8 nitrogen and oxygen atoms in total. The van der Waals surface area contributed by atoms with Gasteiger partial charge in [-0.25, -0.2) is 4.79 Å². The number of ether oxygens (including phenoxy) is 1. The van der Waals surface area contributed by atoms with Crippen molar-refractivity contribution in [1.82, 2.24) is 10.2 Å². The number of nitrogens with one attached hydrogen (secondary N) is 1. The summed E-state index contributed by atoms with van der Waals surface area (Å²) in [5, 5.41) is 2.64. The van der Waals surface area contributed by atoms with Gasteiger partial charge < -0.3 is 15.0 Å². The molecule has 0 aliphatic carbocycles. The maximum absolute atomic E-state index is 12.9. The zero-order chi connectivity index (χ0) is 22.8. The summed E-state index contributed by atoms with van der Waals surface area (Å²) in [6.07, 6.45) is -1.08. The molecule has 1 N–H and O–H groups in total. The molecule has 1 saturated heterocycles. The van der Waals surface area contributed by atoms with Gasteiger partial charge in [-0.05, 0) is 38.5 Å². The molecule has 0 unspecified atom stereocenters. The first-order chi connectivity index (χ1) is 14.6. The van der Waals surface area contributed by atoms with Gasteiger partial charge in [0.05, 0.1) is 0 Å². The lowest BCUT2D eigenvalue weighted by atomic mass is 9.91. The van der Waals surface area contributed by atoms with Gasteiger partial charge in [0.15, 0.2) is 6.10 Å². The van der Waals surface area contributed by atoms with Crippen molar-refractivity contribution in [2.24, 2.45) is 0 Å². The number of amides is 4. The second-order valence-electron chi connectivity index (χ2n) is 7.68. The van der Waals surface area contributed by atoms with Gasteiger partial charge in [0.2, 0.25) is 0 Å². The lowest BCUT2D eigenvalue weighted by Gasteiger charge is -2.23. The SMILES string of the molecule is Cc1ccc([C@@]2(C)NC(=O)N(CC(=O)O[C@@H](C)C(=O)N(C)c3ccccc3)C2=O)cc1. The number of benzene rings is 2. The molecule has 3 rings (SSSR count). The minimum Gasteiger partial charge on any atom is -0.451 e. The Hall–Kier alpha value is -3.68. The molecule has 0 radical (unpaired) electrons. The fourth-order valence-corrected chi connectivity index (χ4v) is 3.39. The Kier molecular flexibility index (Phi) is 6.10. The molecule has 1 aliphatic heterocycles. The number of likely N-dealkylation sites (N-methyl/N-ethyl adjacent to an activating group) is 1. The number of urea groups is 1. The van der Waals surface area contributed by atoms with Gasteiger partial charge in [-0.15, -0.1) is 0 Å². The molecular formula is C23H25N3O5. The third-order valence-electron chi connectivity index (χ3n) is 5.32. The van der Waals surface area contributed by atoms with Crippen LogP contribution in [0.3, 0.4) is 0 Å². The van der Waals surface area contributed by atoms with E-state index < -0.39 is 42.0 Å². The van der Waals surface area contributed by atoms with Crippen molar-refractivity contribution in [3.05, 3.63) is 65.7 Å². The molecule has 2 aromatic rings. The normalized spacial score (nSPS) is 19.0. The molecule has 2 aromatic carbocycles. The lowest BCUT2D eigenvalue weighted by Crippen LogP contribution is -2.43. The van der Waals surface area contributed by atoms with E-state index in [1.807, 2.05) is 25.1 Å². The Bertz CT molecular complexity index is 1010. The van der Waals surface area contributed by atoms with Crippen LogP contribution in [0.4, 0.5) is 10.5 Å². The van der Waals surface area contributed by atoms with Gasteiger partial charge in [-0.1, -0.05) is 48.0 Å². The largest absolute Gasteiger partial charge is 0.451 e. The Morgan fingerprint density at radius 3 is 2.32 bits per heavy atom. The van der Waals surface area contributed by atoms with Gasteiger partial charge in [0.25, 0.3) is 11.8 Å². The van der Waals surface area contributed by atoms with Crippen LogP contribution in [0.25, 0.3) is 0 Å². The number of aryl methyl sites for hydroxylation is 1. The first kappa shape index (κ1) is 22.0. The van der Waals surface area contributed by atoms with E-state index in [-0.39, 0.29) is 0 Å². The van der Waals surface area contributed by atoms with Crippen LogP contribution in [-0.4, -0.2) is 48.4 Å². The number of carbonyl (C=O) groups is 4. The lowest BCUT2D eigenvalue weighted by molar-refractivity contribution is -0.155. The number of anilines is 1. The third kappa shape index (κ3) is 4.42. The zero-order valence-electron chi connectivity index (χ0n) is 17.9. The molecule has 0 saturated carbocycles. The van der Waals surface area contributed by atoms with Gasteiger partial charge in [0.1, 0.15) is 12.1 Å². The topological polar surface area (TPSA) is 96.0 Å². The number of esters is 1. The molecule has 0 aromatic heterocycles. The molecule has 162 valence electrons. The molecular weight excluding hydrogens is 398 g/mol. The molecule has 0 bridgehead atoms. The Balaban J connectivity index is 1.64. The van der Waals surface area contributed by atoms with Crippen LogP contribution in [0.15, 0.2) is 54.6 Å². The van der Waals surface area contributed by atoms with E-state index in [1.54, 1.807) is 50.4 Å². The summed E-state index contributed by atoms with van der Waals surface area (Å²) in [5.41, 5.74) is 1.00. The van der Waals surface area contributed by atoms with E-state index in [2.05, 4.69) is 5.32 Å². The zero-order valence-corrected chi connectivity index (χ0v) is 17.9. The van der Waals surface area contributed by atoms with E-state index in [0.717, 1.165) is 10.5 Å². The number of nitrogens with zero attached hydrogens (tertiary/aromatic N) is 2. The molecule has 1 aliphatic rings. The van der Waals surface area contributed by atoms with Crippen molar-refractivity contribution in [3.63, 3.8) is 0 Å². The minimum atomic E-state index is -1.28. The quantitative estimate of drug-likeness (QED) is 0.568. The van der Waals surface area contributed by atoms with Crippen LogP contribution < -0.4 is 10.2 Å². The molecule has 1 heterocycles. The molecule has 0 spiro atoms. The second kappa shape index (κ2) is 8.59. The predicted octanol–water partition coefficient (Wildman–Crippen LogP) is 2.36. The maximum Gasteiger partial charge on any atom is 0.327 e. The van der Waals surface area contributed by atoms with Crippen molar-refractivity contribution >= 4 is 29.5 Å². The van der Waals surface area contributed by atoms with E-state index >= 15 is 0 Å². The fraction of sp³-hybridized carbons (Fsp3) is 0.304. The van der Waals surface area contributed by atoms with E-state index in [9.17, 15) is 19.2 Å². The van der Waals surface area contributed by atoms with Crippen molar-refractivity contribution in [1.29, 1.82) is 0 Å². The maximum atomic E-state index is 12.9. The number of carbonyl (C=O) groups excluding carboxylic acids is 4. The van der Waals surface area contributed by atoms with Gasteiger partial charge >= 0.3 is 12.0 Å². The van der Waals surface area contributed by atoms with E-state index in [0.29, 0.717) is 11.3 Å². The van der Waals surface area contributed by atoms with Crippen LogP contribution in [0, 0.1) is 6.92 Å². The summed E-state index contributed by atoms with van der Waals surface area (Å²) >= 11 is 0.